The molecule has 1 aliphatic heterocycles. The normalized spacial score (nSPS) is 17.3. The molecule has 4 heteroatoms. The van der Waals surface area contributed by atoms with Gasteiger partial charge in [-0.15, -0.1) is 0 Å². The molecule has 0 saturated carbocycles. The minimum absolute atomic E-state index is 0.279. The van der Waals surface area contributed by atoms with Crippen LogP contribution in [0.3, 0.4) is 0 Å². The van der Waals surface area contributed by atoms with Gasteiger partial charge in [-0.3, -0.25) is 4.90 Å². The van der Waals surface area contributed by atoms with Crippen LogP contribution in [0.15, 0.2) is 41.1 Å². The zero-order valence-corrected chi connectivity index (χ0v) is 11.6. The Labute approximate surface area is 117 Å². The first kappa shape index (κ1) is 12.7. The van der Waals surface area contributed by atoms with E-state index in [1.54, 1.807) is 11.3 Å². The second kappa shape index (κ2) is 5.74. The smallest absolute Gasteiger partial charge is 0.123 e. The first-order valence-electron chi connectivity index (χ1n) is 6.55. The molecule has 2 heterocycles. The lowest BCUT2D eigenvalue weighted by molar-refractivity contribution is 0.173. The predicted molar refractivity (Wildman–Crippen MR) is 78.5 cm³/mol. The van der Waals surface area contributed by atoms with Gasteiger partial charge in [0.1, 0.15) is 12.4 Å². The predicted octanol–water partition coefficient (Wildman–Crippen LogP) is 2.64. The molecule has 100 valence electrons. The highest BCUT2D eigenvalue weighted by Gasteiger charge is 2.23. The van der Waals surface area contributed by atoms with E-state index in [2.05, 4.69) is 33.9 Å². The number of nitrogens with zero attached hydrogens (tertiary/aromatic N) is 1. The van der Waals surface area contributed by atoms with Gasteiger partial charge in [0.25, 0.3) is 0 Å². The second-order valence-electron chi connectivity index (χ2n) is 4.73. The van der Waals surface area contributed by atoms with E-state index < -0.39 is 0 Å². The highest BCUT2D eigenvalue weighted by atomic mass is 32.1. The average molecular weight is 274 g/mol. The lowest BCUT2D eigenvalue weighted by atomic mass is 10.1. The van der Waals surface area contributed by atoms with Crippen LogP contribution in [-0.4, -0.2) is 24.6 Å². The summed E-state index contributed by atoms with van der Waals surface area (Å²) < 4.78 is 5.81. The number of nitrogens with two attached hydrogens (primary N) is 1. The van der Waals surface area contributed by atoms with E-state index >= 15 is 0 Å². The van der Waals surface area contributed by atoms with Gasteiger partial charge in [0.2, 0.25) is 0 Å². The summed E-state index contributed by atoms with van der Waals surface area (Å²) in [6.45, 7) is 3.16. The molecule has 1 aliphatic rings. The summed E-state index contributed by atoms with van der Waals surface area (Å²) in [7, 11) is 0. The topological polar surface area (TPSA) is 38.5 Å². The fourth-order valence-electron chi connectivity index (χ4n) is 2.57. The van der Waals surface area contributed by atoms with Crippen LogP contribution in [-0.2, 0) is 6.54 Å². The van der Waals surface area contributed by atoms with Gasteiger partial charge in [-0.2, -0.15) is 11.3 Å². The number of hydrogen-bond acceptors (Lipinski definition) is 4. The highest BCUT2D eigenvalue weighted by molar-refractivity contribution is 7.07. The summed E-state index contributed by atoms with van der Waals surface area (Å²) >= 11 is 1.72. The Kier molecular flexibility index (Phi) is 3.82. The molecule has 0 saturated heterocycles. The van der Waals surface area contributed by atoms with Gasteiger partial charge in [-0.25, -0.2) is 0 Å². The maximum atomic E-state index is 5.99. The van der Waals surface area contributed by atoms with E-state index in [-0.39, 0.29) is 6.04 Å². The van der Waals surface area contributed by atoms with Crippen LogP contribution < -0.4 is 10.5 Å². The molecule has 2 aromatic rings. The molecule has 0 aliphatic carbocycles. The molecular weight excluding hydrogens is 256 g/mol. The lowest BCUT2D eigenvalue weighted by Gasteiger charge is -2.28. The van der Waals surface area contributed by atoms with E-state index in [1.165, 1.54) is 11.1 Å². The lowest BCUT2D eigenvalue weighted by Crippen LogP contribution is -2.34. The van der Waals surface area contributed by atoms with E-state index in [9.17, 15) is 0 Å². The van der Waals surface area contributed by atoms with Crippen molar-refractivity contribution in [1.29, 1.82) is 0 Å². The molecule has 1 aromatic heterocycles. The quantitative estimate of drug-likeness (QED) is 0.935. The second-order valence-corrected chi connectivity index (χ2v) is 5.51. The van der Waals surface area contributed by atoms with E-state index in [1.807, 2.05) is 12.1 Å². The van der Waals surface area contributed by atoms with Crippen molar-refractivity contribution < 1.29 is 4.74 Å². The molecular formula is C15H18N2OS. The summed E-state index contributed by atoms with van der Waals surface area (Å²) in [5.74, 6) is 1.01. The van der Waals surface area contributed by atoms with Crippen molar-refractivity contribution in [2.24, 2.45) is 5.73 Å². The monoisotopic (exact) mass is 274 g/mol. The van der Waals surface area contributed by atoms with E-state index in [0.29, 0.717) is 6.54 Å². The van der Waals surface area contributed by atoms with Crippen molar-refractivity contribution in [3.8, 4) is 5.75 Å². The van der Waals surface area contributed by atoms with Gasteiger partial charge in [-0.05, 0) is 28.5 Å². The van der Waals surface area contributed by atoms with Gasteiger partial charge in [0, 0.05) is 31.2 Å². The summed E-state index contributed by atoms with van der Waals surface area (Å²) in [4.78, 5) is 2.41. The van der Waals surface area contributed by atoms with E-state index in [4.69, 9.17) is 10.5 Å². The Morgan fingerprint density at radius 1 is 1.32 bits per heavy atom. The molecule has 0 fully saturated rings. The standard InChI is InChI=1S/C15H18N2OS/c16-9-14(13-5-8-19-11-13)17-6-7-18-15-4-2-1-3-12(15)10-17/h1-5,8,11,14H,6-7,9-10,16H2. The van der Waals surface area contributed by atoms with Crippen LogP contribution in [0.25, 0.3) is 0 Å². The third kappa shape index (κ3) is 2.66. The van der Waals surface area contributed by atoms with Crippen LogP contribution >= 0.6 is 11.3 Å². The van der Waals surface area contributed by atoms with Crippen LogP contribution in [0.5, 0.6) is 5.75 Å². The van der Waals surface area contributed by atoms with Crippen molar-refractivity contribution in [1.82, 2.24) is 4.90 Å². The SMILES string of the molecule is NCC(c1ccsc1)N1CCOc2ccccc2C1. The van der Waals surface area contributed by atoms with Crippen molar-refractivity contribution in [2.75, 3.05) is 19.7 Å². The van der Waals surface area contributed by atoms with Crippen LogP contribution in [0, 0.1) is 0 Å². The van der Waals surface area contributed by atoms with Crippen molar-refractivity contribution >= 4 is 11.3 Å². The molecule has 3 rings (SSSR count). The summed E-state index contributed by atoms with van der Waals surface area (Å²) in [6.07, 6.45) is 0. The van der Waals surface area contributed by atoms with Crippen LogP contribution in [0.2, 0.25) is 0 Å². The maximum absolute atomic E-state index is 5.99. The third-order valence-electron chi connectivity index (χ3n) is 3.57. The summed E-state index contributed by atoms with van der Waals surface area (Å²) in [6, 6.07) is 10.7. The molecule has 0 bridgehead atoms. The van der Waals surface area contributed by atoms with Crippen LogP contribution in [0.1, 0.15) is 17.2 Å². The number of hydrogen-bond donors (Lipinski definition) is 1. The van der Waals surface area contributed by atoms with Gasteiger partial charge in [0.05, 0.1) is 0 Å². The molecule has 0 spiro atoms. The minimum atomic E-state index is 0.279. The Hall–Kier alpha value is -1.36. The Morgan fingerprint density at radius 2 is 2.21 bits per heavy atom. The minimum Gasteiger partial charge on any atom is -0.492 e. The zero-order chi connectivity index (χ0) is 13.1. The van der Waals surface area contributed by atoms with Gasteiger partial charge in [0.15, 0.2) is 0 Å². The first-order chi connectivity index (χ1) is 9.38. The summed E-state index contributed by atoms with van der Waals surface area (Å²) in [5, 5.41) is 4.30. The molecule has 1 aromatic carbocycles. The molecule has 3 nitrogen and oxygen atoms in total. The number of ether oxygens (including phenoxy) is 1. The third-order valence-corrected chi connectivity index (χ3v) is 4.28. The van der Waals surface area contributed by atoms with Gasteiger partial charge >= 0.3 is 0 Å². The molecule has 1 unspecified atom stereocenters. The molecule has 0 amide bonds. The number of fused-ring (bicyclic) bond motifs is 1. The molecule has 1 atom stereocenters. The van der Waals surface area contributed by atoms with Gasteiger partial charge in [-0.1, -0.05) is 18.2 Å². The van der Waals surface area contributed by atoms with Crippen LogP contribution in [0.4, 0.5) is 0 Å². The first-order valence-corrected chi connectivity index (χ1v) is 7.49. The van der Waals surface area contributed by atoms with Crippen molar-refractivity contribution in [3.05, 3.63) is 52.2 Å². The molecule has 0 radical (unpaired) electrons. The van der Waals surface area contributed by atoms with E-state index in [0.717, 1.165) is 25.4 Å². The Balaban J connectivity index is 1.85. The number of benzene rings is 1. The summed E-state index contributed by atoms with van der Waals surface area (Å²) in [5.41, 5.74) is 8.54. The number of thiophene rings is 1. The van der Waals surface area contributed by atoms with Crippen molar-refractivity contribution in [2.45, 2.75) is 12.6 Å². The largest absolute Gasteiger partial charge is 0.492 e. The van der Waals surface area contributed by atoms with Gasteiger partial charge < -0.3 is 10.5 Å². The molecule has 19 heavy (non-hydrogen) atoms. The fourth-order valence-corrected chi connectivity index (χ4v) is 3.28. The fraction of sp³-hybridized carbons (Fsp3) is 0.333. The maximum Gasteiger partial charge on any atom is 0.123 e. The average Bonchev–Trinajstić information content (AvgIpc) is 2.87. The molecule has 2 N–H and O–H groups in total. The van der Waals surface area contributed by atoms with Crippen molar-refractivity contribution in [3.63, 3.8) is 0 Å². The highest BCUT2D eigenvalue weighted by Crippen LogP contribution is 2.28. The number of para-hydroxylation sites is 1. The Morgan fingerprint density at radius 3 is 3.00 bits per heavy atom. The Bertz CT molecular complexity index is 527. The number of rotatable bonds is 3. The zero-order valence-electron chi connectivity index (χ0n) is 10.8.